The molecule has 1 unspecified atom stereocenters. The summed E-state index contributed by atoms with van der Waals surface area (Å²) in [6.07, 6.45) is 1.65. The summed E-state index contributed by atoms with van der Waals surface area (Å²) in [5.74, 6) is -0.925. The summed E-state index contributed by atoms with van der Waals surface area (Å²) in [5, 5.41) is 5.26. The molecule has 0 heterocycles. The van der Waals surface area contributed by atoms with Crippen molar-refractivity contribution >= 4 is 52.6 Å². The molecule has 0 fully saturated rings. The van der Waals surface area contributed by atoms with Crippen molar-refractivity contribution in [2.45, 2.75) is 24.0 Å². The standard InChI is InChI=1S/C38H33N3O3S/c1-27-21-23-29(24-22-27)25-35(40-36(42)30-13-6-3-7-14-30)37(43)39-31-15-12-20-34(26-31)45-28(2)38(44)41(32-16-8-4-9-17-32)33-18-10-5-11-19-33/h3-26,28H,1-2H3,(H,39,43)(H,40,42)/b35-25+. The Morgan fingerprint density at radius 2 is 1.29 bits per heavy atom. The van der Waals surface area contributed by atoms with Crippen molar-refractivity contribution in [2.24, 2.45) is 0 Å². The molecule has 0 aliphatic rings. The second kappa shape index (κ2) is 14.9. The minimum absolute atomic E-state index is 0.0706. The third kappa shape index (κ3) is 8.37. The molecule has 5 aromatic carbocycles. The average molecular weight is 612 g/mol. The maximum absolute atomic E-state index is 13.8. The fourth-order valence-electron chi connectivity index (χ4n) is 4.61. The number of rotatable bonds is 10. The molecule has 0 aliphatic heterocycles. The first-order valence-corrected chi connectivity index (χ1v) is 15.4. The monoisotopic (exact) mass is 611 g/mol. The summed E-state index contributed by atoms with van der Waals surface area (Å²) in [5.41, 5.74) is 4.52. The topological polar surface area (TPSA) is 78.5 Å². The van der Waals surface area contributed by atoms with Crippen molar-refractivity contribution in [3.05, 3.63) is 162 Å². The predicted octanol–water partition coefficient (Wildman–Crippen LogP) is 8.25. The molecule has 7 heteroatoms. The first kappa shape index (κ1) is 31.0. The Kier molecular flexibility index (Phi) is 10.2. The van der Waals surface area contributed by atoms with E-state index >= 15 is 0 Å². The third-order valence-electron chi connectivity index (χ3n) is 6.92. The molecule has 0 radical (unpaired) electrons. The summed E-state index contributed by atoms with van der Waals surface area (Å²) in [6.45, 7) is 3.86. The van der Waals surface area contributed by atoms with Gasteiger partial charge in [-0.2, -0.15) is 0 Å². The number of carbonyl (C=O) groups is 3. The van der Waals surface area contributed by atoms with Crippen LogP contribution in [-0.2, 0) is 9.59 Å². The zero-order valence-electron chi connectivity index (χ0n) is 25.0. The van der Waals surface area contributed by atoms with Gasteiger partial charge in [-0.05, 0) is 80.1 Å². The Morgan fingerprint density at radius 1 is 0.711 bits per heavy atom. The highest BCUT2D eigenvalue weighted by Gasteiger charge is 2.24. The first-order valence-electron chi connectivity index (χ1n) is 14.5. The van der Waals surface area contributed by atoms with Crippen LogP contribution >= 0.6 is 11.8 Å². The minimum Gasteiger partial charge on any atom is -0.321 e. The van der Waals surface area contributed by atoms with Gasteiger partial charge in [-0.1, -0.05) is 90.5 Å². The Balaban J connectivity index is 1.34. The second-order valence-electron chi connectivity index (χ2n) is 10.4. The van der Waals surface area contributed by atoms with Crippen LogP contribution in [0.2, 0.25) is 0 Å². The molecule has 5 rings (SSSR count). The van der Waals surface area contributed by atoms with Crippen LogP contribution < -0.4 is 15.5 Å². The van der Waals surface area contributed by atoms with E-state index in [0.29, 0.717) is 11.3 Å². The van der Waals surface area contributed by atoms with Gasteiger partial charge >= 0.3 is 0 Å². The molecule has 2 N–H and O–H groups in total. The SMILES string of the molecule is Cc1ccc(/C=C(/NC(=O)c2ccccc2)C(=O)Nc2cccc(SC(C)C(=O)N(c3ccccc3)c3ccccc3)c2)cc1. The lowest BCUT2D eigenvalue weighted by Crippen LogP contribution is -2.32. The van der Waals surface area contributed by atoms with Gasteiger partial charge in [-0.25, -0.2) is 0 Å². The number of amides is 3. The van der Waals surface area contributed by atoms with Crippen LogP contribution in [0.15, 0.2) is 150 Å². The molecular formula is C38H33N3O3S. The maximum Gasteiger partial charge on any atom is 0.272 e. The van der Waals surface area contributed by atoms with E-state index < -0.39 is 11.2 Å². The summed E-state index contributed by atoms with van der Waals surface area (Å²) in [6, 6.07) is 42.9. The molecule has 6 nitrogen and oxygen atoms in total. The van der Waals surface area contributed by atoms with Gasteiger partial charge in [0.05, 0.1) is 5.25 Å². The molecule has 0 saturated heterocycles. The van der Waals surface area contributed by atoms with Gasteiger partial charge in [0.25, 0.3) is 11.8 Å². The van der Waals surface area contributed by atoms with Crippen LogP contribution in [0.3, 0.4) is 0 Å². The van der Waals surface area contributed by atoms with Gasteiger partial charge in [-0.3, -0.25) is 19.3 Å². The van der Waals surface area contributed by atoms with Crippen molar-refractivity contribution in [2.75, 3.05) is 10.2 Å². The van der Waals surface area contributed by atoms with Gasteiger partial charge in [0, 0.05) is 27.5 Å². The second-order valence-corrected chi connectivity index (χ2v) is 11.8. The first-order chi connectivity index (χ1) is 21.9. The van der Waals surface area contributed by atoms with Crippen molar-refractivity contribution in [3.8, 4) is 0 Å². The van der Waals surface area contributed by atoms with Gasteiger partial charge in [0.2, 0.25) is 5.91 Å². The predicted molar refractivity (Wildman–Crippen MR) is 183 cm³/mol. The van der Waals surface area contributed by atoms with Gasteiger partial charge in [0.15, 0.2) is 0 Å². The van der Waals surface area contributed by atoms with Gasteiger partial charge in [-0.15, -0.1) is 11.8 Å². The number of aryl methyl sites for hydroxylation is 1. The molecule has 0 bridgehead atoms. The molecule has 3 amide bonds. The summed E-state index contributed by atoms with van der Waals surface area (Å²) in [4.78, 5) is 42.9. The number of hydrogen-bond donors (Lipinski definition) is 2. The number of benzene rings is 5. The van der Waals surface area contributed by atoms with E-state index in [1.54, 1.807) is 41.3 Å². The third-order valence-corrected chi connectivity index (χ3v) is 8.00. The number of thioether (sulfide) groups is 1. The fraction of sp³-hybridized carbons (Fsp3) is 0.0789. The van der Waals surface area contributed by atoms with E-state index in [1.807, 2.05) is 123 Å². The number of nitrogens with one attached hydrogen (secondary N) is 2. The Labute approximate surface area is 267 Å². The van der Waals surface area contributed by atoms with Crippen molar-refractivity contribution in [1.82, 2.24) is 5.32 Å². The van der Waals surface area contributed by atoms with Crippen LogP contribution in [0.1, 0.15) is 28.4 Å². The molecule has 0 aliphatic carbocycles. The minimum atomic E-state index is -0.467. The van der Waals surface area contributed by atoms with Crippen molar-refractivity contribution in [1.29, 1.82) is 0 Å². The molecule has 0 saturated carbocycles. The zero-order valence-corrected chi connectivity index (χ0v) is 25.8. The quantitative estimate of drug-likeness (QED) is 0.123. The molecule has 0 spiro atoms. The Bertz CT molecular complexity index is 1750. The normalized spacial score (nSPS) is 11.7. The lowest BCUT2D eigenvalue weighted by molar-refractivity contribution is -0.117. The van der Waals surface area contributed by atoms with E-state index in [2.05, 4.69) is 10.6 Å². The van der Waals surface area contributed by atoms with Crippen LogP contribution in [0.25, 0.3) is 6.08 Å². The summed E-state index contributed by atoms with van der Waals surface area (Å²) >= 11 is 1.40. The highest BCUT2D eigenvalue weighted by Crippen LogP contribution is 2.32. The average Bonchev–Trinajstić information content (AvgIpc) is 3.07. The smallest absolute Gasteiger partial charge is 0.272 e. The molecule has 45 heavy (non-hydrogen) atoms. The number of anilines is 3. The van der Waals surface area contributed by atoms with Crippen LogP contribution in [0.5, 0.6) is 0 Å². The highest BCUT2D eigenvalue weighted by molar-refractivity contribution is 8.00. The number of hydrogen-bond acceptors (Lipinski definition) is 4. The molecule has 0 aromatic heterocycles. The number of nitrogens with zero attached hydrogens (tertiary/aromatic N) is 1. The molecule has 5 aromatic rings. The lowest BCUT2D eigenvalue weighted by atomic mass is 10.1. The molecule has 224 valence electrons. The van der Waals surface area contributed by atoms with Crippen LogP contribution in [0.4, 0.5) is 17.1 Å². The van der Waals surface area contributed by atoms with E-state index in [9.17, 15) is 14.4 Å². The van der Waals surface area contributed by atoms with Gasteiger partial charge < -0.3 is 10.6 Å². The lowest BCUT2D eigenvalue weighted by Gasteiger charge is -2.26. The summed E-state index contributed by atoms with van der Waals surface area (Å²) in [7, 11) is 0. The Hall–Kier alpha value is -5.40. The van der Waals surface area contributed by atoms with E-state index in [0.717, 1.165) is 27.4 Å². The molecular weight excluding hydrogens is 579 g/mol. The van der Waals surface area contributed by atoms with Crippen LogP contribution in [0, 0.1) is 6.92 Å². The van der Waals surface area contributed by atoms with E-state index in [1.165, 1.54) is 11.8 Å². The number of carbonyl (C=O) groups excluding carboxylic acids is 3. The zero-order chi connectivity index (χ0) is 31.6. The van der Waals surface area contributed by atoms with Crippen molar-refractivity contribution < 1.29 is 14.4 Å². The van der Waals surface area contributed by atoms with E-state index in [-0.39, 0.29) is 17.5 Å². The largest absolute Gasteiger partial charge is 0.321 e. The van der Waals surface area contributed by atoms with Crippen LogP contribution in [-0.4, -0.2) is 23.0 Å². The number of para-hydroxylation sites is 2. The Morgan fingerprint density at radius 3 is 1.89 bits per heavy atom. The maximum atomic E-state index is 13.8. The molecule has 1 atom stereocenters. The van der Waals surface area contributed by atoms with Crippen molar-refractivity contribution in [3.63, 3.8) is 0 Å². The van der Waals surface area contributed by atoms with Gasteiger partial charge in [0.1, 0.15) is 5.70 Å². The van der Waals surface area contributed by atoms with E-state index in [4.69, 9.17) is 0 Å². The summed E-state index contributed by atoms with van der Waals surface area (Å²) < 4.78 is 0. The highest BCUT2D eigenvalue weighted by atomic mass is 32.2. The fourth-order valence-corrected chi connectivity index (χ4v) is 5.58.